The van der Waals surface area contributed by atoms with Crippen molar-refractivity contribution >= 4 is 34.2 Å². The second kappa shape index (κ2) is 9.67. The summed E-state index contributed by atoms with van der Waals surface area (Å²) in [5.74, 6) is -1.03. The lowest BCUT2D eigenvalue weighted by Crippen LogP contribution is -2.47. The van der Waals surface area contributed by atoms with Gasteiger partial charge in [0.2, 0.25) is 0 Å². The Balaban J connectivity index is 1.89. The second-order valence-electron chi connectivity index (χ2n) is 6.97. The molecule has 0 aliphatic rings. The topological polar surface area (TPSA) is 125 Å². The van der Waals surface area contributed by atoms with E-state index in [1.165, 1.54) is 0 Å². The highest BCUT2D eigenvalue weighted by atomic mass is 16.2. The first-order valence-corrected chi connectivity index (χ1v) is 9.73. The first kappa shape index (κ1) is 21.0. The maximum absolute atomic E-state index is 13.2. The summed E-state index contributed by atoms with van der Waals surface area (Å²) in [5.41, 5.74) is 12.3. The highest BCUT2D eigenvalue weighted by Gasteiger charge is 2.29. The van der Waals surface area contributed by atoms with Crippen LogP contribution in [0.4, 0.5) is 5.69 Å². The quantitative estimate of drug-likeness (QED) is 0.274. The number of hydrogen-bond donors (Lipinski definition) is 4. The molecule has 3 aromatic rings. The molecule has 0 bridgehead atoms. The van der Waals surface area contributed by atoms with Crippen LogP contribution in [0.3, 0.4) is 0 Å². The van der Waals surface area contributed by atoms with Crippen LogP contribution in [0.25, 0.3) is 10.8 Å². The number of nitrogens with one attached hydrogen (secondary N) is 2. The van der Waals surface area contributed by atoms with Gasteiger partial charge in [0, 0.05) is 12.1 Å². The molecule has 0 aliphatic heterocycles. The van der Waals surface area contributed by atoms with E-state index < -0.39 is 17.9 Å². The average Bonchev–Trinajstić information content (AvgIpc) is 2.77. The fraction of sp³-hybridized carbons (Fsp3) is 0.174. The molecule has 0 saturated carbocycles. The van der Waals surface area contributed by atoms with Crippen molar-refractivity contribution in [3.8, 4) is 0 Å². The third-order valence-electron chi connectivity index (χ3n) is 4.76. The Morgan fingerprint density at radius 2 is 1.63 bits per heavy atom. The van der Waals surface area contributed by atoms with Crippen LogP contribution in [0.15, 0.2) is 72.8 Å². The van der Waals surface area contributed by atoms with Gasteiger partial charge in [0.15, 0.2) is 5.96 Å². The molecule has 3 rings (SSSR count). The van der Waals surface area contributed by atoms with E-state index in [1.807, 2.05) is 42.5 Å². The molecule has 0 heterocycles. The summed E-state index contributed by atoms with van der Waals surface area (Å²) in [7, 11) is 0. The standard InChI is InChI=1S/C23H25N5O2/c24-20(11-6-14-27-23(25)26)22(30)28(21(29)17-8-2-1-3-9-17)19-13-12-16-7-4-5-10-18(16)15-19/h1-5,7-10,12-13,15,20H,6,11,14,24H2,(H4,25,26,27)/t20-/m0/s1. The van der Waals surface area contributed by atoms with Gasteiger partial charge >= 0.3 is 0 Å². The lowest BCUT2D eigenvalue weighted by atomic mass is 10.1. The van der Waals surface area contributed by atoms with Gasteiger partial charge in [0.25, 0.3) is 11.8 Å². The molecule has 0 fully saturated rings. The zero-order valence-electron chi connectivity index (χ0n) is 16.5. The first-order valence-electron chi connectivity index (χ1n) is 9.73. The molecule has 154 valence electrons. The molecule has 0 spiro atoms. The molecule has 2 amide bonds. The number of anilines is 1. The summed E-state index contributed by atoms with van der Waals surface area (Å²) >= 11 is 0. The van der Waals surface area contributed by atoms with E-state index >= 15 is 0 Å². The van der Waals surface area contributed by atoms with Crippen LogP contribution in [0, 0.1) is 5.41 Å². The summed E-state index contributed by atoms with van der Waals surface area (Å²) in [6, 6.07) is 21.0. The van der Waals surface area contributed by atoms with Gasteiger partial charge in [0.05, 0.1) is 11.7 Å². The summed E-state index contributed by atoms with van der Waals surface area (Å²) < 4.78 is 0. The minimum absolute atomic E-state index is 0.132. The third-order valence-corrected chi connectivity index (χ3v) is 4.76. The van der Waals surface area contributed by atoms with Gasteiger partial charge in [-0.15, -0.1) is 0 Å². The van der Waals surface area contributed by atoms with Crippen molar-refractivity contribution in [2.45, 2.75) is 18.9 Å². The maximum atomic E-state index is 13.2. The van der Waals surface area contributed by atoms with Gasteiger partial charge in [-0.2, -0.15) is 0 Å². The molecule has 0 unspecified atom stereocenters. The molecular formula is C23H25N5O2. The minimum Gasteiger partial charge on any atom is -0.370 e. The highest BCUT2D eigenvalue weighted by molar-refractivity contribution is 6.22. The summed E-state index contributed by atoms with van der Waals surface area (Å²) in [6.45, 7) is 0.429. The molecule has 3 aromatic carbocycles. The van der Waals surface area contributed by atoms with E-state index in [-0.39, 0.29) is 5.96 Å². The third kappa shape index (κ3) is 5.01. The van der Waals surface area contributed by atoms with E-state index in [0.29, 0.717) is 30.6 Å². The number of amides is 2. The maximum Gasteiger partial charge on any atom is 0.265 e. The molecular weight excluding hydrogens is 378 g/mol. The van der Waals surface area contributed by atoms with Gasteiger partial charge in [-0.3, -0.25) is 15.0 Å². The second-order valence-corrected chi connectivity index (χ2v) is 6.97. The number of nitrogens with two attached hydrogens (primary N) is 2. The minimum atomic E-state index is -0.863. The molecule has 0 saturated heterocycles. The number of fused-ring (bicyclic) bond motifs is 1. The Labute approximate surface area is 175 Å². The van der Waals surface area contributed by atoms with Gasteiger partial charge in [-0.25, -0.2) is 4.90 Å². The molecule has 0 aromatic heterocycles. The van der Waals surface area contributed by atoms with E-state index in [1.54, 1.807) is 30.3 Å². The molecule has 7 heteroatoms. The molecule has 0 radical (unpaired) electrons. The SMILES string of the molecule is N=C(N)NCCC[C@H](N)C(=O)N(C(=O)c1ccccc1)c1ccc2ccccc2c1. The Morgan fingerprint density at radius 1 is 0.967 bits per heavy atom. The van der Waals surface area contributed by atoms with E-state index in [9.17, 15) is 9.59 Å². The fourth-order valence-corrected chi connectivity index (χ4v) is 3.20. The lowest BCUT2D eigenvalue weighted by Gasteiger charge is -2.25. The van der Waals surface area contributed by atoms with Gasteiger partial charge in [0.1, 0.15) is 0 Å². The number of guanidine groups is 1. The molecule has 30 heavy (non-hydrogen) atoms. The van der Waals surface area contributed by atoms with Crippen LogP contribution < -0.4 is 21.7 Å². The number of carbonyl (C=O) groups is 2. The number of nitrogens with zero attached hydrogens (tertiary/aromatic N) is 1. The van der Waals surface area contributed by atoms with Crippen molar-refractivity contribution in [3.63, 3.8) is 0 Å². The van der Waals surface area contributed by atoms with Crippen molar-refractivity contribution in [1.82, 2.24) is 5.32 Å². The van der Waals surface area contributed by atoms with Crippen LogP contribution in [-0.2, 0) is 4.79 Å². The number of hydrogen-bond acceptors (Lipinski definition) is 4. The van der Waals surface area contributed by atoms with Crippen LogP contribution in [0.2, 0.25) is 0 Å². The van der Waals surface area contributed by atoms with E-state index in [0.717, 1.165) is 15.7 Å². The monoisotopic (exact) mass is 403 g/mol. The van der Waals surface area contributed by atoms with Crippen LogP contribution in [0.5, 0.6) is 0 Å². The van der Waals surface area contributed by atoms with Crippen molar-refractivity contribution in [1.29, 1.82) is 5.41 Å². The van der Waals surface area contributed by atoms with Crippen molar-refractivity contribution in [2.24, 2.45) is 11.5 Å². The van der Waals surface area contributed by atoms with Crippen LogP contribution in [-0.4, -0.2) is 30.4 Å². The summed E-state index contributed by atoms with van der Waals surface area (Å²) in [6.07, 6.45) is 0.892. The predicted octanol–water partition coefficient (Wildman–Crippen LogP) is 2.60. The lowest BCUT2D eigenvalue weighted by molar-refractivity contribution is -0.119. The zero-order chi connectivity index (χ0) is 21.5. The summed E-state index contributed by atoms with van der Waals surface area (Å²) in [4.78, 5) is 27.6. The number of rotatable bonds is 7. The number of benzene rings is 3. The average molecular weight is 403 g/mol. The van der Waals surface area contributed by atoms with Crippen molar-refractivity contribution < 1.29 is 9.59 Å². The van der Waals surface area contributed by atoms with Crippen LogP contribution >= 0.6 is 0 Å². The predicted molar refractivity (Wildman–Crippen MR) is 119 cm³/mol. The van der Waals surface area contributed by atoms with Gasteiger partial charge < -0.3 is 16.8 Å². The molecule has 1 atom stereocenters. The normalized spacial score (nSPS) is 11.6. The largest absolute Gasteiger partial charge is 0.370 e. The van der Waals surface area contributed by atoms with Gasteiger partial charge in [-0.05, 0) is 47.9 Å². The van der Waals surface area contributed by atoms with Crippen molar-refractivity contribution in [3.05, 3.63) is 78.4 Å². The molecule has 7 nitrogen and oxygen atoms in total. The highest BCUT2D eigenvalue weighted by Crippen LogP contribution is 2.24. The van der Waals surface area contributed by atoms with Crippen molar-refractivity contribution in [2.75, 3.05) is 11.4 Å². The smallest absolute Gasteiger partial charge is 0.265 e. The van der Waals surface area contributed by atoms with E-state index in [4.69, 9.17) is 16.9 Å². The van der Waals surface area contributed by atoms with E-state index in [2.05, 4.69) is 5.32 Å². The number of imide groups is 1. The summed E-state index contributed by atoms with van der Waals surface area (Å²) in [5, 5.41) is 11.8. The number of carbonyl (C=O) groups excluding carboxylic acids is 2. The Morgan fingerprint density at radius 3 is 2.33 bits per heavy atom. The first-order chi connectivity index (χ1) is 14.5. The molecule has 6 N–H and O–H groups in total. The molecule has 0 aliphatic carbocycles. The Bertz CT molecular complexity index is 1050. The Kier molecular flexibility index (Phi) is 6.77. The fourth-order valence-electron chi connectivity index (χ4n) is 3.20. The van der Waals surface area contributed by atoms with Crippen LogP contribution in [0.1, 0.15) is 23.2 Å². The Hall–Kier alpha value is -3.71. The zero-order valence-corrected chi connectivity index (χ0v) is 16.5. The van der Waals surface area contributed by atoms with Gasteiger partial charge in [-0.1, -0.05) is 48.5 Å².